The Labute approximate surface area is 150 Å². The van der Waals surface area contributed by atoms with Crippen LogP contribution in [-0.4, -0.2) is 48.2 Å². The third-order valence-electron chi connectivity index (χ3n) is 3.44. The maximum Gasteiger partial charge on any atom is 0.143 e. The normalized spacial score (nSPS) is 11.0. The number of aryl methyl sites for hydroxylation is 1. The molecular formula is C19H29N5O. The summed E-state index contributed by atoms with van der Waals surface area (Å²) in [6, 6.07) is 9.81. The van der Waals surface area contributed by atoms with Crippen molar-refractivity contribution in [2.45, 2.75) is 33.3 Å². The molecule has 0 aliphatic carbocycles. The highest BCUT2D eigenvalue weighted by molar-refractivity contribution is 5.65. The van der Waals surface area contributed by atoms with Crippen molar-refractivity contribution in [1.29, 1.82) is 0 Å². The molecule has 0 saturated carbocycles. The van der Waals surface area contributed by atoms with Crippen molar-refractivity contribution in [2.75, 3.05) is 37.8 Å². The van der Waals surface area contributed by atoms with E-state index in [2.05, 4.69) is 39.6 Å². The number of para-hydroxylation sites is 2. The molecule has 25 heavy (non-hydrogen) atoms. The summed E-state index contributed by atoms with van der Waals surface area (Å²) < 4.78 is 5.85. The van der Waals surface area contributed by atoms with Crippen molar-refractivity contribution in [3.05, 3.63) is 36.2 Å². The van der Waals surface area contributed by atoms with Crippen LogP contribution in [0.4, 0.5) is 17.3 Å². The summed E-state index contributed by atoms with van der Waals surface area (Å²) in [4.78, 5) is 11.1. The predicted octanol–water partition coefficient (Wildman–Crippen LogP) is 3.68. The van der Waals surface area contributed by atoms with Crippen LogP contribution in [0.3, 0.4) is 0 Å². The van der Waals surface area contributed by atoms with Gasteiger partial charge in [-0.3, -0.25) is 0 Å². The predicted molar refractivity (Wildman–Crippen MR) is 104 cm³/mol. The number of rotatable bonds is 9. The molecule has 0 spiro atoms. The maximum absolute atomic E-state index is 5.85. The molecule has 136 valence electrons. The number of nitrogens with zero attached hydrogens (tertiary/aromatic N) is 3. The minimum absolute atomic E-state index is 0.115. The van der Waals surface area contributed by atoms with Crippen LogP contribution in [-0.2, 0) is 0 Å². The number of anilines is 3. The van der Waals surface area contributed by atoms with Gasteiger partial charge in [-0.15, -0.1) is 0 Å². The lowest BCUT2D eigenvalue weighted by Crippen LogP contribution is -2.17. The molecule has 1 aromatic heterocycles. The summed E-state index contributed by atoms with van der Waals surface area (Å²) in [5.41, 5.74) is 0.896. The summed E-state index contributed by atoms with van der Waals surface area (Å²) >= 11 is 0. The van der Waals surface area contributed by atoms with E-state index < -0.39 is 0 Å². The molecule has 0 aliphatic rings. The van der Waals surface area contributed by atoms with E-state index in [1.54, 1.807) is 0 Å². The first kappa shape index (κ1) is 19.0. The van der Waals surface area contributed by atoms with Crippen LogP contribution < -0.4 is 15.4 Å². The molecule has 0 saturated heterocycles. The molecule has 1 heterocycles. The largest absolute Gasteiger partial charge is 0.489 e. The van der Waals surface area contributed by atoms with Crippen molar-refractivity contribution < 1.29 is 4.74 Å². The topological polar surface area (TPSA) is 62.3 Å². The Morgan fingerprint density at radius 3 is 2.56 bits per heavy atom. The molecule has 0 radical (unpaired) electrons. The molecule has 0 fully saturated rings. The third kappa shape index (κ3) is 6.58. The smallest absolute Gasteiger partial charge is 0.143 e. The highest BCUT2D eigenvalue weighted by atomic mass is 16.5. The molecule has 6 nitrogen and oxygen atoms in total. The van der Waals surface area contributed by atoms with E-state index in [-0.39, 0.29) is 6.10 Å². The molecule has 0 bridgehead atoms. The molecule has 2 N–H and O–H groups in total. The molecule has 2 aromatic rings. The van der Waals surface area contributed by atoms with E-state index in [0.29, 0.717) is 0 Å². The minimum Gasteiger partial charge on any atom is -0.489 e. The SMILES string of the molecule is Cc1nc(NCCCN(C)C)cc(Nc2ccccc2OC(C)C)n1. The lowest BCUT2D eigenvalue weighted by molar-refractivity contribution is 0.244. The van der Waals surface area contributed by atoms with Gasteiger partial charge in [-0.05, 0) is 60.0 Å². The Hall–Kier alpha value is -2.34. The van der Waals surface area contributed by atoms with E-state index in [4.69, 9.17) is 4.74 Å². The number of benzene rings is 1. The quantitative estimate of drug-likeness (QED) is 0.677. The third-order valence-corrected chi connectivity index (χ3v) is 3.44. The zero-order valence-corrected chi connectivity index (χ0v) is 15.8. The molecule has 0 amide bonds. The average molecular weight is 343 g/mol. The lowest BCUT2D eigenvalue weighted by Gasteiger charge is -2.16. The average Bonchev–Trinajstić information content (AvgIpc) is 2.52. The fraction of sp³-hybridized carbons (Fsp3) is 0.474. The van der Waals surface area contributed by atoms with Crippen LogP contribution in [0.15, 0.2) is 30.3 Å². The summed E-state index contributed by atoms with van der Waals surface area (Å²) in [5, 5.41) is 6.71. The van der Waals surface area contributed by atoms with Crippen LogP contribution in [0.25, 0.3) is 0 Å². The fourth-order valence-electron chi connectivity index (χ4n) is 2.40. The van der Waals surface area contributed by atoms with Crippen molar-refractivity contribution in [3.63, 3.8) is 0 Å². The van der Waals surface area contributed by atoms with Crippen molar-refractivity contribution in [3.8, 4) is 5.75 Å². The molecule has 0 atom stereocenters. The van der Waals surface area contributed by atoms with E-state index in [0.717, 1.165) is 48.4 Å². The Bertz CT molecular complexity index is 673. The Kier molecular flexibility index (Phi) is 7.01. The molecule has 0 aliphatic heterocycles. The highest BCUT2D eigenvalue weighted by Crippen LogP contribution is 2.28. The first-order chi connectivity index (χ1) is 11.9. The lowest BCUT2D eigenvalue weighted by atomic mass is 10.3. The van der Waals surface area contributed by atoms with Gasteiger partial charge in [-0.25, -0.2) is 9.97 Å². The van der Waals surface area contributed by atoms with Crippen molar-refractivity contribution in [1.82, 2.24) is 14.9 Å². The van der Waals surface area contributed by atoms with Gasteiger partial charge in [-0.1, -0.05) is 12.1 Å². The summed E-state index contributed by atoms with van der Waals surface area (Å²) in [6.07, 6.45) is 1.17. The molecular weight excluding hydrogens is 314 g/mol. The van der Waals surface area contributed by atoms with Gasteiger partial charge in [0.2, 0.25) is 0 Å². The number of hydrogen-bond acceptors (Lipinski definition) is 6. The molecule has 2 rings (SSSR count). The number of aromatic nitrogens is 2. The Morgan fingerprint density at radius 2 is 1.84 bits per heavy atom. The second-order valence-corrected chi connectivity index (χ2v) is 6.56. The second-order valence-electron chi connectivity index (χ2n) is 6.56. The van der Waals surface area contributed by atoms with Crippen molar-refractivity contribution >= 4 is 17.3 Å². The Balaban J connectivity index is 2.07. The van der Waals surface area contributed by atoms with Gasteiger partial charge in [0.15, 0.2) is 0 Å². The van der Waals surface area contributed by atoms with Gasteiger partial charge in [0.25, 0.3) is 0 Å². The highest BCUT2D eigenvalue weighted by Gasteiger charge is 2.08. The number of hydrogen-bond donors (Lipinski definition) is 2. The first-order valence-corrected chi connectivity index (χ1v) is 8.71. The minimum atomic E-state index is 0.115. The van der Waals surface area contributed by atoms with Gasteiger partial charge >= 0.3 is 0 Å². The van der Waals surface area contributed by atoms with Gasteiger partial charge < -0.3 is 20.3 Å². The van der Waals surface area contributed by atoms with Crippen LogP contribution in [0.1, 0.15) is 26.1 Å². The molecule has 6 heteroatoms. The number of ether oxygens (including phenoxy) is 1. The van der Waals surface area contributed by atoms with E-state index >= 15 is 0 Å². The van der Waals surface area contributed by atoms with Gasteiger partial charge in [-0.2, -0.15) is 0 Å². The monoisotopic (exact) mass is 343 g/mol. The van der Waals surface area contributed by atoms with Crippen LogP contribution in [0, 0.1) is 6.92 Å². The summed E-state index contributed by atoms with van der Waals surface area (Å²) in [6.45, 7) is 7.85. The second kappa shape index (κ2) is 9.22. The van der Waals surface area contributed by atoms with Gasteiger partial charge in [0.05, 0.1) is 11.8 Å². The molecule has 1 aromatic carbocycles. The first-order valence-electron chi connectivity index (χ1n) is 8.71. The summed E-state index contributed by atoms with van der Waals surface area (Å²) in [7, 11) is 4.15. The fourth-order valence-corrected chi connectivity index (χ4v) is 2.40. The van der Waals surface area contributed by atoms with E-state index in [1.807, 2.05) is 51.1 Å². The van der Waals surface area contributed by atoms with E-state index in [1.165, 1.54) is 0 Å². The van der Waals surface area contributed by atoms with Gasteiger partial charge in [0.1, 0.15) is 23.2 Å². The zero-order valence-electron chi connectivity index (χ0n) is 15.8. The summed E-state index contributed by atoms with van der Waals surface area (Å²) in [5.74, 6) is 3.12. The maximum atomic E-state index is 5.85. The molecule has 0 unspecified atom stereocenters. The van der Waals surface area contributed by atoms with Crippen LogP contribution in [0.5, 0.6) is 5.75 Å². The van der Waals surface area contributed by atoms with Crippen LogP contribution in [0.2, 0.25) is 0 Å². The van der Waals surface area contributed by atoms with E-state index in [9.17, 15) is 0 Å². The van der Waals surface area contributed by atoms with Crippen molar-refractivity contribution in [2.24, 2.45) is 0 Å². The van der Waals surface area contributed by atoms with Crippen LogP contribution >= 0.6 is 0 Å². The number of nitrogens with one attached hydrogen (secondary N) is 2. The Morgan fingerprint density at radius 1 is 1.12 bits per heavy atom. The standard InChI is InChI=1S/C19H29N5O/c1-14(2)25-17-10-7-6-9-16(17)23-19-13-18(21-15(3)22-19)20-11-8-12-24(4)5/h6-7,9-10,13-14H,8,11-12H2,1-5H3,(H2,20,21,22,23). The van der Waals surface area contributed by atoms with Gasteiger partial charge in [0, 0.05) is 12.6 Å². The zero-order chi connectivity index (χ0) is 18.2.